The van der Waals surface area contributed by atoms with E-state index in [9.17, 15) is 4.79 Å². The van der Waals surface area contributed by atoms with Crippen molar-refractivity contribution in [3.63, 3.8) is 0 Å². The molecule has 0 radical (unpaired) electrons. The molecule has 96 valence electrons. The van der Waals surface area contributed by atoms with Crippen LogP contribution in [0.1, 0.15) is 40.0 Å². The van der Waals surface area contributed by atoms with E-state index in [1.165, 1.54) is 19.1 Å². The van der Waals surface area contributed by atoms with Crippen LogP contribution in [0.4, 0.5) is 0 Å². The standard InChI is InChI=1S/C14H22O3/c1-5-6-7-8-9-10-11-16-13(4)17-14(15)12(2)3/h8-11,13H,2,5-7H2,1,3-4H3. The first-order valence-electron chi connectivity index (χ1n) is 5.91. The second-order valence-corrected chi connectivity index (χ2v) is 3.79. The van der Waals surface area contributed by atoms with Gasteiger partial charge in [-0.25, -0.2) is 4.79 Å². The van der Waals surface area contributed by atoms with Crippen molar-refractivity contribution in [3.8, 4) is 0 Å². The molecule has 0 rings (SSSR count). The molecule has 0 amide bonds. The van der Waals surface area contributed by atoms with E-state index < -0.39 is 12.3 Å². The highest BCUT2D eigenvalue weighted by Gasteiger charge is 2.08. The lowest BCUT2D eigenvalue weighted by Gasteiger charge is -2.11. The van der Waals surface area contributed by atoms with Gasteiger partial charge in [-0.1, -0.05) is 38.5 Å². The number of esters is 1. The van der Waals surface area contributed by atoms with Gasteiger partial charge in [0.1, 0.15) is 0 Å². The van der Waals surface area contributed by atoms with Crippen molar-refractivity contribution in [1.82, 2.24) is 0 Å². The Morgan fingerprint density at radius 1 is 1.41 bits per heavy atom. The topological polar surface area (TPSA) is 35.5 Å². The molecule has 3 nitrogen and oxygen atoms in total. The SMILES string of the molecule is C=C(C)C(=O)OC(C)OC=CC=CCCCC. The van der Waals surface area contributed by atoms with Crippen LogP contribution in [0.5, 0.6) is 0 Å². The molecule has 0 heterocycles. The van der Waals surface area contributed by atoms with Crippen LogP contribution in [0.2, 0.25) is 0 Å². The first-order valence-corrected chi connectivity index (χ1v) is 5.91. The molecule has 0 N–H and O–H groups in total. The van der Waals surface area contributed by atoms with Crippen molar-refractivity contribution in [2.45, 2.75) is 46.3 Å². The number of hydrogen-bond acceptors (Lipinski definition) is 3. The lowest BCUT2D eigenvalue weighted by molar-refractivity contribution is -0.160. The fourth-order valence-corrected chi connectivity index (χ4v) is 0.977. The van der Waals surface area contributed by atoms with Gasteiger partial charge in [-0.05, 0) is 19.4 Å². The zero-order valence-corrected chi connectivity index (χ0v) is 10.9. The van der Waals surface area contributed by atoms with Crippen molar-refractivity contribution >= 4 is 5.97 Å². The Kier molecular flexibility index (Phi) is 8.84. The van der Waals surface area contributed by atoms with Crippen LogP contribution in [0, 0.1) is 0 Å². The first-order chi connectivity index (χ1) is 8.07. The van der Waals surface area contributed by atoms with E-state index in [2.05, 4.69) is 19.6 Å². The molecule has 17 heavy (non-hydrogen) atoms. The summed E-state index contributed by atoms with van der Waals surface area (Å²) in [6, 6.07) is 0. The normalized spacial score (nSPS) is 12.9. The van der Waals surface area contributed by atoms with Crippen molar-refractivity contribution < 1.29 is 14.3 Å². The van der Waals surface area contributed by atoms with Crippen LogP contribution in [0.25, 0.3) is 0 Å². The number of unbranched alkanes of at least 4 members (excludes halogenated alkanes) is 2. The number of ether oxygens (including phenoxy) is 2. The van der Waals surface area contributed by atoms with Gasteiger partial charge in [0.15, 0.2) is 0 Å². The average molecular weight is 238 g/mol. The first kappa shape index (κ1) is 15.5. The number of allylic oxidation sites excluding steroid dienone is 3. The van der Waals surface area contributed by atoms with Crippen molar-refractivity contribution in [3.05, 3.63) is 36.6 Å². The molecule has 0 aliphatic rings. The van der Waals surface area contributed by atoms with Gasteiger partial charge in [0.25, 0.3) is 0 Å². The van der Waals surface area contributed by atoms with Gasteiger partial charge in [0.2, 0.25) is 6.29 Å². The third-order valence-corrected chi connectivity index (χ3v) is 1.94. The third kappa shape index (κ3) is 9.42. The minimum Gasteiger partial charge on any atom is -0.463 e. The monoisotopic (exact) mass is 238 g/mol. The van der Waals surface area contributed by atoms with Gasteiger partial charge < -0.3 is 9.47 Å². The summed E-state index contributed by atoms with van der Waals surface area (Å²) >= 11 is 0. The number of carbonyl (C=O) groups is 1. The summed E-state index contributed by atoms with van der Waals surface area (Å²) in [4.78, 5) is 11.1. The predicted molar refractivity (Wildman–Crippen MR) is 69.3 cm³/mol. The maximum absolute atomic E-state index is 11.1. The van der Waals surface area contributed by atoms with Gasteiger partial charge in [0.05, 0.1) is 6.26 Å². The third-order valence-electron chi connectivity index (χ3n) is 1.94. The summed E-state index contributed by atoms with van der Waals surface area (Å²) in [6.45, 7) is 8.90. The fraction of sp³-hybridized carbons (Fsp3) is 0.500. The van der Waals surface area contributed by atoms with Gasteiger partial charge in [-0.2, -0.15) is 0 Å². The van der Waals surface area contributed by atoms with E-state index in [1.807, 2.05) is 6.08 Å². The van der Waals surface area contributed by atoms with Crippen molar-refractivity contribution in [2.24, 2.45) is 0 Å². The highest BCUT2D eigenvalue weighted by molar-refractivity contribution is 5.86. The molecule has 0 aliphatic heterocycles. The van der Waals surface area contributed by atoms with Crippen LogP contribution in [0.3, 0.4) is 0 Å². The molecular formula is C14H22O3. The Balaban J connectivity index is 3.72. The Morgan fingerprint density at radius 2 is 2.12 bits per heavy atom. The van der Waals surface area contributed by atoms with Crippen molar-refractivity contribution in [2.75, 3.05) is 0 Å². The van der Waals surface area contributed by atoms with Crippen LogP contribution < -0.4 is 0 Å². The van der Waals surface area contributed by atoms with Gasteiger partial charge in [-0.3, -0.25) is 0 Å². The highest BCUT2D eigenvalue weighted by Crippen LogP contribution is 2.00. The Morgan fingerprint density at radius 3 is 2.71 bits per heavy atom. The summed E-state index contributed by atoms with van der Waals surface area (Å²) in [5, 5.41) is 0. The van der Waals surface area contributed by atoms with Crippen LogP contribution in [-0.2, 0) is 14.3 Å². The summed E-state index contributed by atoms with van der Waals surface area (Å²) < 4.78 is 10.1. The Labute approximate surface area is 104 Å². The van der Waals surface area contributed by atoms with E-state index in [0.29, 0.717) is 5.57 Å². The van der Waals surface area contributed by atoms with Gasteiger partial charge >= 0.3 is 5.97 Å². The highest BCUT2D eigenvalue weighted by atomic mass is 16.7. The van der Waals surface area contributed by atoms with E-state index in [0.717, 1.165) is 6.42 Å². The Hall–Kier alpha value is -1.51. The lowest BCUT2D eigenvalue weighted by Crippen LogP contribution is -2.16. The second-order valence-electron chi connectivity index (χ2n) is 3.79. The lowest BCUT2D eigenvalue weighted by atomic mass is 10.2. The second kappa shape index (κ2) is 9.70. The molecule has 0 bridgehead atoms. The van der Waals surface area contributed by atoms with Gasteiger partial charge in [-0.15, -0.1) is 0 Å². The van der Waals surface area contributed by atoms with E-state index >= 15 is 0 Å². The minimum absolute atomic E-state index is 0.365. The minimum atomic E-state index is -0.598. The Bertz CT molecular complexity index is 290. The number of rotatable bonds is 8. The predicted octanol–water partition coefficient (Wildman–Crippen LogP) is 3.73. The van der Waals surface area contributed by atoms with Crippen LogP contribution in [-0.4, -0.2) is 12.3 Å². The number of carbonyl (C=O) groups excluding carboxylic acids is 1. The molecule has 0 fully saturated rings. The molecular weight excluding hydrogens is 216 g/mol. The zero-order chi connectivity index (χ0) is 13.1. The van der Waals surface area contributed by atoms with Gasteiger partial charge in [0, 0.05) is 12.5 Å². The van der Waals surface area contributed by atoms with E-state index in [1.54, 1.807) is 19.9 Å². The quantitative estimate of drug-likeness (QED) is 0.161. The summed E-state index contributed by atoms with van der Waals surface area (Å²) in [7, 11) is 0. The zero-order valence-electron chi connectivity index (χ0n) is 10.9. The molecule has 1 unspecified atom stereocenters. The summed E-state index contributed by atoms with van der Waals surface area (Å²) in [5.74, 6) is -0.440. The molecule has 0 aliphatic carbocycles. The smallest absolute Gasteiger partial charge is 0.336 e. The molecule has 0 aromatic heterocycles. The molecule has 0 saturated carbocycles. The van der Waals surface area contributed by atoms with Crippen molar-refractivity contribution in [1.29, 1.82) is 0 Å². The fourth-order valence-electron chi connectivity index (χ4n) is 0.977. The van der Waals surface area contributed by atoms with Crippen LogP contribution in [0.15, 0.2) is 36.6 Å². The average Bonchev–Trinajstić information content (AvgIpc) is 2.27. The summed E-state index contributed by atoms with van der Waals surface area (Å²) in [5.41, 5.74) is 0.365. The van der Waals surface area contributed by atoms with Crippen LogP contribution >= 0.6 is 0 Å². The molecule has 0 aromatic rings. The number of hydrogen-bond donors (Lipinski definition) is 0. The largest absolute Gasteiger partial charge is 0.463 e. The maximum atomic E-state index is 11.1. The summed E-state index contributed by atoms with van der Waals surface area (Å²) in [6.07, 6.45) is 10.1. The van der Waals surface area contributed by atoms with E-state index in [4.69, 9.17) is 9.47 Å². The molecule has 0 saturated heterocycles. The molecule has 0 aromatic carbocycles. The molecule has 0 spiro atoms. The molecule has 1 atom stereocenters. The maximum Gasteiger partial charge on any atom is 0.336 e. The van der Waals surface area contributed by atoms with E-state index in [-0.39, 0.29) is 0 Å². The molecule has 3 heteroatoms.